The van der Waals surface area contributed by atoms with Crippen molar-refractivity contribution in [3.05, 3.63) is 35.9 Å². The minimum absolute atomic E-state index is 0.00583. The van der Waals surface area contributed by atoms with Crippen molar-refractivity contribution in [1.29, 1.82) is 0 Å². The zero-order valence-corrected chi connectivity index (χ0v) is 13.6. The van der Waals surface area contributed by atoms with Gasteiger partial charge in [0.15, 0.2) is 0 Å². The highest BCUT2D eigenvalue weighted by molar-refractivity contribution is 5.84. The Kier molecular flexibility index (Phi) is 7.80. The third-order valence-corrected chi connectivity index (χ3v) is 3.49. The molecular weight excluding hydrogens is 296 g/mol. The average molecular weight is 320 g/mol. The molecule has 0 spiro atoms. The number of benzene rings is 1. The summed E-state index contributed by atoms with van der Waals surface area (Å²) in [4.78, 5) is 35.6. The summed E-state index contributed by atoms with van der Waals surface area (Å²) in [5.41, 5.74) is 1.11. The largest absolute Gasteiger partial charge is 0.481 e. The van der Waals surface area contributed by atoms with E-state index < -0.39 is 5.97 Å². The van der Waals surface area contributed by atoms with E-state index in [2.05, 4.69) is 5.32 Å². The van der Waals surface area contributed by atoms with E-state index in [4.69, 9.17) is 5.11 Å². The summed E-state index contributed by atoms with van der Waals surface area (Å²) in [5, 5.41) is 11.3. The average Bonchev–Trinajstić information content (AvgIpc) is 2.50. The molecule has 0 aliphatic carbocycles. The highest BCUT2D eigenvalue weighted by Crippen LogP contribution is 2.02. The van der Waals surface area contributed by atoms with Gasteiger partial charge in [-0.2, -0.15) is 0 Å². The number of rotatable bonds is 9. The third-order valence-electron chi connectivity index (χ3n) is 3.49. The molecule has 1 aromatic carbocycles. The van der Waals surface area contributed by atoms with Crippen molar-refractivity contribution in [2.45, 2.75) is 39.2 Å². The van der Waals surface area contributed by atoms with Crippen molar-refractivity contribution >= 4 is 17.8 Å². The molecule has 0 fully saturated rings. The lowest BCUT2D eigenvalue weighted by atomic mass is 10.1. The molecule has 1 aromatic rings. The van der Waals surface area contributed by atoms with Gasteiger partial charge in [0.25, 0.3) is 0 Å². The highest BCUT2D eigenvalue weighted by Gasteiger charge is 2.15. The second kappa shape index (κ2) is 9.61. The van der Waals surface area contributed by atoms with E-state index in [9.17, 15) is 14.4 Å². The molecule has 6 heteroatoms. The molecular formula is C17H24N2O4. The van der Waals surface area contributed by atoms with E-state index in [1.54, 1.807) is 6.92 Å². The first-order chi connectivity index (χ1) is 10.9. The molecule has 0 saturated carbocycles. The quantitative estimate of drug-likeness (QED) is 0.721. The van der Waals surface area contributed by atoms with E-state index in [0.717, 1.165) is 5.56 Å². The van der Waals surface area contributed by atoms with Crippen LogP contribution < -0.4 is 5.32 Å². The van der Waals surface area contributed by atoms with Crippen LogP contribution in [0.15, 0.2) is 30.3 Å². The lowest BCUT2D eigenvalue weighted by Gasteiger charge is -2.22. The van der Waals surface area contributed by atoms with Crippen LogP contribution in [-0.2, 0) is 20.8 Å². The van der Waals surface area contributed by atoms with Crippen LogP contribution in [0.3, 0.4) is 0 Å². The number of amides is 2. The van der Waals surface area contributed by atoms with Gasteiger partial charge in [0.2, 0.25) is 11.8 Å². The fourth-order valence-electron chi connectivity index (χ4n) is 2.16. The van der Waals surface area contributed by atoms with Gasteiger partial charge in [-0.1, -0.05) is 30.3 Å². The molecule has 0 aliphatic rings. The summed E-state index contributed by atoms with van der Waals surface area (Å²) in [6.45, 7) is 3.64. The van der Waals surface area contributed by atoms with Crippen molar-refractivity contribution < 1.29 is 19.5 Å². The van der Waals surface area contributed by atoms with Crippen LogP contribution >= 0.6 is 0 Å². The Morgan fingerprint density at radius 2 is 1.87 bits per heavy atom. The van der Waals surface area contributed by atoms with Crippen LogP contribution in [-0.4, -0.2) is 46.9 Å². The molecule has 2 amide bonds. The van der Waals surface area contributed by atoms with E-state index in [0.29, 0.717) is 19.4 Å². The molecule has 126 valence electrons. The predicted octanol–water partition coefficient (Wildman–Crippen LogP) is 1.45. The van der Waals surface area contributed by atoms with Crippen molar-refractivity contribution in [3.8, 4) is 0 Å². The van der Waals surface area contributed by atoms with Crippen molar-refractivity contribution in [2.75, 3.05) is 13.1 Å². The Morgan fingerprint density at radius 1 is 1.22 bits per heavy atom. The molecule has 0 aliphatic heterocycles. The summed E-state index contributed by atoms with van der Waals surface area (Å²) in [7, 11) is 0. The monoisotopic (exact) mass is 320 g/mol. The maximum Gasteiger partial charge on any atom is 0.303 e. The molecule has 1 unspecified atom stereocenters. The fourth-order valence-corrected chi connectivity index (χ4v) is 2.16. The molecule has 0 bridgehead atoms. The van der Waals surface area contributed by atoms with Crippen LogP contribution in [0.25, 0.3) is 0 Å². The maximum atomic E-state index is 12.0. The maximum absolute atomic E-state index is 12.0. The predicted molar refractivity (Wildman–Crippen MR) is 86.9 cm³/mol. The topological polar surface area (TPSA) is 86.7 Å². The van der Waals surface area contributed by atoms with Crippen LogP contribution in [0, 0.1) is 0 Å². The second-order valence-electron chi connectivity index (χ2n) is 5.58. The molecule has 2 N–H and O–H groups in total. The third kappa shape index (κ3) is 7.99. The van der Waals surface area contributed by atoms with Crippen LogP contribution in [0.4, 0.5) is 0 Å². The van der Waals surface area contributed by atoms with Crippen molar-refractivity contribution in [2.24, 2.45) is 0 Å². The number of carbonyl (C=O) groups excluding carboxylic acids is 2. The van der Waals surface area contributed by atoms with Gasteiger partial charge < -0.3 is 15.3 Å². The zero-order valence-electron chi connectivity index (χ0n) is 13.6. The van der Waals surface area contributed by atoms with Crippen molar-refractivity contribution in [1.82, 2.24) is 10.2 Å². The van der Waals surface area contributed by atoms with Crippen LogP contribution in [0.2, 0.25) is 0 Å². The molecule has 0 heterocycles. The Balaban J connectivity index is 2.44. The second-order valence-corrected chi connectivity index (χ2v) is 5.58. The molecule has 1 atom stereocenters. The van der Waals surface area contributed by atoms with Gasteiger partial charge in [-0.25, -0.2) is 0 Å². The number of nitrogens with zero attached hydrogens (tertiary/aromatic N) is 1. The van der Waals surface area contributed by atoms with Crippen LogP contribution in [0.5, 0.6) is 0 Å². The number of hydrogen-bond donors (Lipinski definition) is 2. The van der Waals surface area contributed by atoms with Gasteiger partial charge in [-0.3, -0.25) is 14.4 Å². The minimum atomic E-state index is -0.890. The van der Waals surface area contributed by atoms with Gasteiger partial charge in [0.1, 0.15) is 0 Å². The van der Waals surface area contributed by atoms with E-state index in [1.807, 2.05) is 30.3 Å². The molecule has 23 heavy (non-hydrogen) atoms. The normalized spacial score (nSPS) is 11.6. The molecule has 0 aromatic heterocycles. The number of carboxylic acid groups (broad SMARTS) is 1. The number of hydrogen-bond acceptors (Lipinski definition) is 3. The molecule has 0 saturated heterocycles. The number of nitrogens with one attached hydrogen (secondary N) is 1. The molecule has 0 radical (unpaired) electrons. The summed E-state index contributed by atoms with van der Waals surface area (Å²) in [5.74, 6) is -1.32. The Hall–Kier alpha value is -2.37. The summed E-state index contributed by atoms with van der Waals surface area (Å²) in [6.07, 6.45) is 1.05. The first kappa shape index (κ1) is 18.7. The lowest BCUT2D eigenvalue weighted by molar-refractivity contribution is -0.137. The van der Waals surface area contributed by atoms with Gasteiger partial charge in [-0.15, -0.1) is 0 Å². The smallest absolute Gasteiger partial charge is 0.303 e. The lowest BCUT2D eigenvalue weighted by Crippen LogP contribution is -2.43. The van der Waals surface area contributed by atoms with Gasteiger partial charge in [0.05, 0.1) is 6.54 Å². The van der Waals surface area contributed by atoms with Crippen LogP contribution in [0.1, 0.15) is 32.3 Å². The minimum Gasteiger partial charge on any atom is -0.481 e. The number of aliphatic carboxylic acids is 1. The standard InChI is InChI=1S/C17H24N2O4/c1-13(8-9-17(22)23)18-16(21)12-19(14(2)20)11-10-15-6-4-3-5-7-15/h3-7,13H,8-12H2,1-2H3,(H,18,21)(H,22,23). The molecule has 1 rings (SSSR count). The van der Waals surface area contributed by atoms with E-state index >= 15 is 0 Å². The van der Waals surface area contributed by atoms with Gasteiger partial charge in [-0.05, 0) is 25.3 Å². The van der Waals surface area contributed by atoms with E-state index in [-0.39, 0.29) is 30.8 Å². The summed E-state index contributed by atoms with van der Waals surface area (Å²) >= 11 is 0. The number of carboxylic acids is 1. The van der Waals surface area contributed by atoms with Gasteiger partial charge >= 0.3 is 5.97 Å². The van der Waals surface area contributed by atoms with E-state index in [1.165, 1.54) is 11.8 Å². The Bertz CT molecular complexity index is 531. The number of carbonyl (C=O) groups is 3. The Labute approximate surface area is 136 Å². The molecule has 6 nitrogen and oxygen atoms in total. The Morgan fingerprint density at radius 3 is 2.43 bits per heavy atom. The summed E-state index contributed by atoms with van der Waals surface area (Å²) in [6, 6.07) is 9.52. The zero-order chi connectivity index (χ0) is 17.2. The highest BCUT2D eigenvalue weighted by atomic mass is 16.4. The van der Waals surface area contributed by atoms with Gasteiger partial charge in [0, 0.05) is 25.9 Å². The first-order valence-electron chi connectivity index (χ1n) is 7.69. The summed E-state index contributed by atoms with van der Waals surface area (Å²) < 4.78 is 0. The first-order valence-corrected chi connectivity index (χ1v) is 7.69. The van der Waals surface area contributed by atoms with Crippen molar-refractivity contribution in [3.63, 3.8) is 0 Å². The SMILES string of the molecule is CC(=O)N(CCc1ccccc1)CC(=O)NC(C)CCC(=O)O. The fraction of sp³-hybridized carbons (Fsp3) is 0.471.